The Morgan fingerprint density at radius 2 is 1.60 bits per heavy atom. The van der Waals surface area contributed by atoms with E-state index in [4.69, 9.17) is 0 Å². The van der Waals surface area contributed by atoms with Crippen molar-refractivity contribution in [3.63, 3.8) is 0 Å². The number of hydrogen-bond acceptors (Lipinski definition) is 3. The third kappa shape index (κ3) is 4.04. The number of rotatable bonds is 4. The quantitative estimate of drug-likeness (QED) is 0.707. The van der Waals surface area contributed by atoms with Crippen molar-refractivity contribution >= 4 is 23.0 Å². The standard InChI is InChI=1S/C21H21N3O/c1-14-8-9-17(12-16(14)3)24-21(25)20-11-10-18(13-22-20)23-19-7-5-4-6-15(19)2/h4-13,23H,1-3H3,(H,24,25). The van der Waals surface area contributed by atoms with Gasteiger partial charge >= 0.3 is 0 Å². The number of benzene rings is 2. The van der Waals surface area contributed by atoms with E-state index in [-0.39, 0.29) is 5.91 Å². The number of carbonyl (C=O) groups excluding carboxylic acids is 1. The van der Waals surface area contributed by atoms with Gasteiger partial charge in [-0.3, -0.25) is 4.79 Å². The summed E-state index contributed by atoms with van der Waals surface area (Å²) >= 11 is 0. The highest BCUT2D eigenvalue weighted by Gasteiger charge is 2.08. The van der Waals surface area contributed by atoms with E-state index in [1.165, 1.54) is 5.56 Å². The first kappa shape index (κ1) is 16.7. The highest BCUT2D eigenvalue weighted by molar-refractivity contribution is 6.03. The third-order valence-corrected chi connectivity index (χ3v) is 4.18. The van der Waals surface area contributed by atoms with Crippen molar-refractivity contribution in [3.8, 4) is 0 Å². The summed E-state index contributed by atoms with van der Waals surface area (Å²) in [5.74, 6) is -0.217. The minimum absolute atomic E-state index is 0.217. The van der Waals surface area contributed by atoms with E-state index in [1.54, 1.807) is 12.3 Å². The van der Waals surface area contributed by atoms with Gasteiger partial charge in [-0.1, -0.05) is 24.3 Å². The lowest BCUT2D eigenvalue weighted by Gasteiger charge is -2.10. The molecule has 25 heavy (non-hydrogen) atoms. The van der Waals surface area contributed by atoms with Crippen LogP contribution >= 0.6 is 0 Å². The molecule has 1 heterocycles. The lowest BCUT2D eigenvalue weighted by Crippen LogP contribution is -2.13. The van der Waals surface area contributed by atoms with Gasteiger partial charge < -0.3 is 10.6 Å². The maximum absolute atomic E-state index is 12.3. The molecule has 1 aromatic heterocycles. The molecular weight excluding hydrogens is 310 g/mol. The van der Waals surface area contributed by atoms with Crippen molar-refractivity contribution in [1.29, 1.82) is 0 Å². The fourth-order valence-corrected chi connectivity index (χ4v) is 2.49. The van der Waals surface area contributed by atoms with Crippen LogP contribution in [0.3, 0.4) is 0 Å². The molecule has 0 saturated carbocycles. The van der Waals surface area contributed by atoms with Crippen LogP contribution in [-0.2, 0) is 0 Å². The number of aromatic nitrogens is 1. The molecule has 3 aromatic rings. The topological polar surface area (TPSA) is 54.0 Å². The summed E-state index contributed by atoms with van der Waals surface area (Å²) in [6.07, 6.45) is 1.67. The summed E-state index contributed by atoms with van der Waals surface area (Å²) in [7, 11) is 0. The second-order valence-corrected chi connectivity index (χ2v) is 6.13. The van der Waals surface area contributed by atoms with Crippen LogP contribution in [0.1, 0.15) is 27.2 Å². The van der Waals surface area contributed by atoms with Crippen molar-refractivity contribution in [3.05, 3.63) is 83.2 Å². The number of para-hydroxylation sites is 1. The van der Waals surface area contributed by atoms with Gasteiger partial charge in [-0.25, -0.2) is 4.98 Å². The van der Waals surface area contributed by atoms with Crippen molar-refractivity contribution in [2.45, 2.75) is 20.8 Å². The molecule has 0 saturated heterocycles. The molecule has 0 atom stereocenters. The van der Waals surface area contributed by atoms with Crippen LogP contribution < -0.4 is 10.6 Å². The van der Waals surface area contributed by atoms with Crippen molar-refractivity contribution in [1.82, 2.24) is 4.98 Å². The van der Waals surface area contributed by atoms with Crippen molar-refractivity contribution in [2.75, 3.05) is 10.6 Å². The molecule has 0 spiro atoms. The Kier molecular flexibility index (Phi) is 4.80. The Bertz CT molecular complexity index is 901. The lowest BCUT2D eigenvalue weighted by molar-refractivity contribution is 0.102. The van der Waals surface area contributed by atoms with Gasteiger partial charge in [-0.05, 0) is 67.8 Å². The minimum Gasteiger partial charge on any atom is -0.354 e. The number of anilines is 3. The number of nitrogens with zero attached hydrogens (tertiary/aromatic N) is 1. The van der Waals surface area contributed by atoms with Crippen LogP contribution in [0.2, 0.25) is 0 Å². The second kappa shape index (κ2) is 7.18. The van der Waals surface area contributed by atoms with E-state index >= 15 is 0 Å². The Labute approximate surface area is 147 Å². The lowest BCUT2D eigenvalue weighted by atomic mass is 10.1. The number of carbonyl (C=O) groups is 1. The second-order valence-electron chi connectivity index (χ2n) is 6.13. The summed E-state index contributed by atoms with van der Waals surface area (Å²) in [5, 5.41) is 6.19. The molecule has 0 unspecified atom stereocenters. The number of amides is 1. The molecular formula is C21H21N3O. The smallest absolute Gasteiger partial charge is 0.274 e. The molecule has 0 radical (unpaired) electrons. The summed E-state index contributed by atoms with van der Waals surface area (Å²) < 4.78 is 0. The van der Waals surface area contributed by atoms with Gasteiger partial charge in [0.15, 0.2) is 0 Å². The fourth-order valence-electron chi connectivity index (χ4n) is 2.49. The van der Waals surface area contributed by atoms with Gasteiger partial charge in [0.1, 0.15) is 5.69 Å². The first-order chi connectivity index (χ1) is 12.0. The molecule has 3 rings (SSSR count). The van der Waals surface area contributed by atoms with Crippen molar-refractivity contribution in [2.24, 2.45) is 0 Å². The number of aryl methyl sites for hydroxylation is 3. The van der Waals surface area contributed by atoms with E-state index in [1.807, 2.05) is 69.3 Å². The average Bonchev–Trinajstić information content (AvgIpc) is 2.61. The van der Waals surface area contributed by atoms with E-state index in [0.717, 1.165) is 28.2 Å². The molecule has 0 aliphatic rings. The van der Waals surface area contributed by atoms with Crippen molar-refractivity contribution < 1.29 is 4.79 Å². The van der Waals surface area contributed by atoms with Gasteiger partial charge in [0.05, 0.1) is 11.9 Å². The van der Waals surface area contributed by atoms with E-state index < -0.39 is 0 Å². The zero-order valence-electron chi connectivity index (χ0n) is 14.6. The monoisotopic (exact) mass is 331 g/mol. The van der Waals surface area contributed by atoms with Gasteiger partial charge in [0.25, 0.3) is 5.91 Å². The number of nitrogens with one attached hydrogen (secondary N) is 2. The van der Waals surface area contributed by atoms with Gasteiger partial charge in [0, 0.05) is 11.4 Å². The molecule has 0 aliphatic heterocycles. The SMILES string of the molecule is Cc1ccc(NC(=O)c2ccc(Nc3ccccc3C)cn2)cc1C. The average molecular weight is 331 g/mol. The van der Waals surface area contributed by atoms with Crippen LogP contribution in [0.15, 0.2) is 60.8 Å². The Balaban J connectivity index is 1.70. The first-order valence-corrected chi connectivity index (χ1v) is 8.20. The largest absolute Gasteiger partial charge is 0.354 e. The van der Waals surface area contributed by atoms with E-state index in [0.29, 0.717) is 5.69 Å². The molecule has 0 fully saturated rings. The summed E-state index contributed by atoms with van der Waals surface area (Å²) in [4.78, 5) is 16.6. The Morgan fingerprint density at radius 1 is 0.840 bits per heavy atom. The zero-order valence-corrected chi connectivity index (χ0v) is 14.6. The molecule has 0 aliphatic carbocycles. The van der Waals surface area contributed by atoms with Crippen LogP contribution in [-0.4, -0.2) is 10.9 Å². The minimum atomic E-state index is -0.217. The predicted molar refractivity (Wildman–Crippen MR) is 103 cm³/mol. The summed E-state index contributed by atoms with van der Waals surface area (Å²) in [6.45, 7) is 6.11. The third-order valence-electron chi connectivity index (χ3n) is 4.18. The number of hydrogen-bond donors (Lipinski definition) is 2. The van der Waals surface area contributed by atoms with Crippen LogP contribution in [0.5, 0.6) is 0 Å². The normalized spacial score (nSPS) is 10.4. The molecule has 0 bridgehead atoms. The highest BCUT2D eigenvalue weighted by atomic mass is 16.1. The fraction of sp³-hybridized carbons (Fsp3) is 0.143. The van der Waals surface area contributed by atoms with Gasteiger partial charge in [-0.15, -0.1) is 0 Å². The van der Waals surface area contributed by atoms with Crippen LogP contribution in [0.25, 0.3) is 0 Å². The maximum Gasteiger partial charge on any atom is 0.274 e. The Morgan fingerprint density at radius 3 is 2.28 bits per heavy atom. The molecule has 2 N–H and O–H groups in total. The molecule has 1 amide bonds. The van der Waals surface area contributed by atoms with E-state index in [2.05, 4.69) is 15.6 Å². The zero-order chi connectivity index (χ0) is 17.8. The molecule has 4 nitrogen and oxygen atoms in total. The Hall–Kier alpha value is -3.14. The molecule has 126 valence electrons. The maximum atomic E-state index is 12.3. The highest BCUT2D eigenvalue weighted by Crippen LogP contribution is 2.20. The van der Waals surface area contributed by atoms with Crippen LogP contribution in [0, 0.1) is 20.8 Å². The van der Waals surface area contributed by atoms with E-state index in [9.17, 15) is 4.79 Å². The molecule has 2 aromatic carbocycles. The number of pyridine rings is 1. The van der Waals surface area contributed by atoms with Gasteiger partial charge in [0.2, 0.25) is 0 Å². The van der Waals surface area contributed by atoms with Gasteiger partial charge in [-0.2, -0.15) is 0 Å². The van der Waals surface area contributed by atoms with Crippen LogP contribution in [0.4, 0.5) is 17.1 Å². The summed E-state index contributed by atoms with van der Waals surface area (Å²) in [5.41, 5.74) is 6.52. The summed E-state index contributed by atoms with van der Waals surface area (Å²) in [6, 6.07) is 17.5. The predicted octanol–water partition coefficient (Wildman–Crippen LogP) is 5.00. The molecule has 4 heteroatoms. The first-order valence-electron chi connectivity index (χ1n) is 8.20.